The van der Waals surface area contributed by atoms with Crippen LogP contribution in [0.4, 0.5) is 0 Å². The second kappa shape index (κ2) is 5.44. The number of carboxylic acids is 1. The largest absolute Gasteiger partial charge is 0.477 e. The van der Waals surface area contributed by atoms with Crippen molar-refractivity contribution in [3.05, 3.63) is 22.8 Å². The number of carbonyl (C=O) groups is 1. The Morgan fingerprint density at radius 1 is 1.47 bits per heavy atom. The molecule has 0 bridgehead atoms. The number of nitrogens with zero attached hydrogens (tertiary/aromatic N) is 2. The number of ether oxygens (including phenoxy) is 1. The molecule has 2 aliphatic heterocycles. The molecule has 2 N–H and O–H groups in total. The van der Waals surface area contributed by atoms with Crippen LogP contribution in [0.25, 0.3) is 0 Å². The first kappa shape index (κ1) is 12.8. The Morgan fingerprint density at radius 3 is 3.11 bits per heavy atom. The summed E-state index contributed by atoms with van der Waals surface area (Å²) < 4.78 is 5.63. The van der Waals surface area contributed by atoms with Crippen molar-refractivity contribution in [3.63, 3.8) is 0 Å². The van der Waals surface area contributed by atoms with E-state index >= 15 is 0 Å². The number of thioether (sulfide) groups is 1. The Hall–Kier alpha value is -1.18. The van der Waals surface area contributed by atoms with Crippen LogP contribution in [0.2, 0.25) is 0 Å². The molecule has 0 aliphatic carbocycles. The Morgan fingerprint density at radius 2 is 2.37 bits per heavy atom. The van der Waals surface area contributed by atoms with E-state index in [-0.39, 0.29) is 11.8 Å². The van der Waals surface area contributed by atoms with E-state index in [1.807, 2.05) is 0 Å². The van der Waals surface area contributed by atoms with E-state index in [0.717, 1.165) is 29.3 Å². The lowest BCUT2D eigenvalue weighted by atomic mass is 10.0. The highest BCUT2D eigenvalue weighted by Crippen LogP contribution is 2.26. The summed E-state index contributed by atoms with van der Waals surface area (Å²) in [6, 6.07) is 0. The summed E-state index contributed by atoms with van der Waals surface area (Å²) in [5.74, 6) is 1.28. The molecule has 0 spiro atoms. The Labute approximate surface area is 115 Å². The molecule has 1 saturated heterocycles. The van der Waals surface area contributed by atoms with E-state index < -0.39 is 5.97 Å². The summed E-state index contributed by atoms with van der Waals surface area (Å²) in [7, 11) is 0. The van der Waals surface area contributed by atoms with Gasteiger partial charge in [-0.25, -0.2) is 14.8 Å². The van der Waals surface area contributed by atoms with E-state index in [4.69, 9.17) is 4.74 Å². The molecule has 6 nitrogen and oxygen atoms in total. The van der Waals surface area contributed by atoms with Crippen LogP contribution in [0.3, 0.4) is 0 Å². The molecular formula is C12H15N3O3S. The lowest BCUT2D eigenvalue weighted by molar-refractivity contribution is 0.0654. The standard InChI is InChI=1S/C12H15N3O3S/c16-12(17)10-7-1-2-13-5-8(7)14-11(15-10)9-6-19-4-3-18-9/h9,13H,1-6H2,(H,16,17). The zero-order valence-electron chi connectivity index (χ0n) is 10.4. The van der Waals surface area contributed by atoms with Crippen molar-refractivity contribution >= 4 is 17.7 Å². The molecule has 0 amide bonds. The van der Waals surface area contributed by atoms with E-state index in [1.165, 1.54) is 0 Å². The molecule has 0 radical (unpaired) electrons. The fraction of sp³-hybridized carbons (Fsp3) is 0.583. The van der Waals surface area contributed by atoms with Gasteiger partial charge in [0.05, 0.1) is 12.3 Å². The third kappa shape index (κ3) is 2.58. The summed E-state index contributed by atoms with van der Waals surface area (Å²) in [5, 5.41) is 12.5. The number of carboxylic acid groups (broad SMARTS) is 1. The number of fused-ring (bicyclic) bond motifs is 1. The van der Waals surface area contributed by atoms with Gasteiger partial charge in [0, 0.05) is 23.6 Å². The molecule has 3 heterocycles. The molecule has 1 atom stereocenters. The van der Waals surface area contributed by atoms with Gasteiger partial charge in [0.2, 0.25) is 0 Å². The van der Waals surface area contributed by atoms with Gasteiger partial charge in [-0.05, 0) is 13.0 Å². The zero-order chi connectivity index (χ0) is 13.2. The van der Waals surface area contributed by atoms with Crippen molar-refractivity contribution in [2.24, 2.45) is 0 Å². The summed E-state index contributed by atoms with van der Waals surface area (Å²) in [6.45, 7) is 2.03. The number of hydrogen-bond donors (Lipinski definition) is 2. The lowest BCUT2D eigenvalue weighted by Crippen LogP contribution is -2.29. The predicted molar refractivity (Wildman–Crippen MR) is 70.4 cm³/mol. The van der Waals surface area contributed by atoms with E-state index in [2.05, 4.69) is 15.3 Å². The van der Waals surface area contributed by atoms with Gasteiger partial charge in [0.15, 0.2) is 11.5 Å². The average molecular weight is 281 g/mol. The molecule has 1 aromatic heterocycles. The minimum atomic E-state index is -0.981. The first-order chi connectivity index (χ1) is 9.25. The van der Waals surface area contributed by atoms with Crippen LogP contribution >= 0.6 is 11.8 Å². The maximum atomic E-state index is 11.4. The third-order valence-electron chi connectivity index (χ3n) is 3.26. The molecule has 102 valence electrons. The van der Waals surface area contributed by atoms with Crippen LogP contribution in [0.5, 0.6) is 0 Å². The number of aromatic carboxylic acids is 1. The quantitative estimate of drug-likeness (QED) is 0.822. The minimum Gasteiger partial charge on any atom is -0.477 e. The summed E-state index contributed by atoms with van der Waals surface area (Å²) in [6.07, 6.45) is 0.474. The van der Waals surface area contributed by atoms with Crippen molar-refractivity contribution < 1.29 is 14.6 Å². The van der Waals surface area contributed by atoms with Crippen LogP contribution < -0.4 is 5.32 Å². The summed E-state index contributed by atoms with van der Waals surface area (Å²) in [5.41, 5.74) is 1.70. The van der Waals surface area contributed by atoms with Crippen LogP contribution in [-0.2, 0) is 17.7 Å². The normalized spacial score (nSPS) is 22.8. The average Bonchev–Trinajstić information content (AvgIpc) is 2.47. The van der Waals surface area contributed by atoms with Gasteiger partial charge in [-0.15, -0.1) is 0 Å². The van der Waals surface area contributed by atoms with E-state index in [0.29, 0.717) is 25.4 Å². The van der Waals surface area contributed by atoms with Gasteiger partial charge in [-0.2, -0.15) is 11.8 Å². The highest BCUT2D eigenvalue weighted by molar-refractivity contribution is 7.99. The van der Waals surface area contributed by atoms with Crippen molar-refractivity contribution in [1.29, 1.82) is 0 Å². The number of nitrogens with one attached hydrogen (secondary N) is 1. The van der Waals surface area contributed by atoms with E-state index in [1.54, 1.807) is 11.8 Å². The molecule has 1 aromatic rings. The fourth-order valence-corrected chi connectivity index (χ4v) is 3.18. The smallest absolute Gasteiger partial charge is 0.354 e. The molecule has 2 aliphatic rings. The zero-order valence-corrected chi connectivity index (χ0v) is 11.2. The highest BCUT2D eigenvalue weighted by Gasteiger charge is 2.26. The van der Waals surface area contributed by atoms with Gasteiger partial charge in [-0.3, -0.25) is 0 Å². The monoisotopic (exact) mass is 281 g/mol. The Balaban J connectivity index is 2.00. The summed E-state index contributed by atoms with van der Waals surface area (Å²) in [4.78, 5) is 20.1. The molecule has 0 saturated carbocycles. The first-order valence-electron chi connectivity index (χ1n) is 6.29. The molecule has 3 rings (SSSR count). The van der Waals surface area contributed by atoms with Crippen LogP contribution in [0.1, 0.15) is 33.7 Å². The molecule has 1 unspecified atom stereocenters. The van der Waals surface area contributed by atoms with Crippen molar-refractivity contribution in [1.82, 2.24) is 15.3 Å². The molecule has 0 aromatic carbocycles. The van der Waals surface area contributed by atoms with E-state index in [9.17, 15) is 9.90 Å². The maximum Gasteiger partial charge on any atom is 0.354 e. The summed E-state index contributed by atoms with van der Waals surface area (Å²) >= 11 is 1.78. The van der Waals surface area contributed by atoms with Gasteiger partial charge in [0.1, 0.15) is 6.10 Å². The van der Waals surface area contributed by atoms with Crippen LogP contribution in [0, 0.1) is 0 Å². The first-order valence-corrected chi connectivity index (χ1v) is 7.44. The highest BCUT2D eigenvalue weighted by atomic mass is 32.2. The molecule has 19 heavy (non-hydrogen) atoms. The molecule has 7 heteroatoms. The number of rotatable bonds is 2. The van der Waals surface area contributed by atoms with Gasteiger partial charge in [0.25, 0.3) is 0 Å². The van der Waals surface area contributed by atoms with Crippen LogP contribution in [0.15, 0.2) is 0 Å². The predicted octanol–water partition coefficient (Wildman–Crippen LogP) is 0.625. The van der Waals surface area contributed by atoms with Crippen molar-refractivity contribution in [3.8, 4) is 0 Å². The van der Waals surface area contributed by atoms with Crippen molar-refractivity contribution in [2.45, 2.75) is 19.1 Å². The minimum absolute atomic E-state index is 0.140. The Kier molecular flexibility index (Phi) is 3.67. The van der Waals surface area contributed by atoms with Crippen LogP contribution in [-0.4, -0.2) is 45.7 Å². The van der Waals surface area contributed by atoms with Gasteiger partial charge >= 0.3 is 5.97 Å². The second-order valence-corrected chi connectivity index (χ2v) is 5.67. The third-order valence-corrected chi connectivity index (χ3v) is 4.25. The molecule has 1 fully saturated rings. The maximum absolute atomic E-state index is 11.4. The molecular weight excluding hydrogens is 266 g/mol. The van der Waals surface area contributed by atoms with Gasteiger partial charge in [-0.1, -0.05) is 0 Å². The van der Waals surface area contributed by atoms with Gasteiger partial charge < -0.3 is 15.2 Å². The SMILES string of the molecule is O=C(O)c1nc(C2CSCCO2)nc2c1CCNC2. The number of aromatic nitrogens is 2. The Bertz CT molecular complexity index is 503. The van der Waals surface area contributed by atoms with Crippen molar-refractivity contribution in [2.75, 3.05) is 24.7 Å². The second-order valence-electron chi connectivity index (χ2n) is 4.52. The number of hydrogen-bond acceptors (Lipinski definition) is 6. The lowest BCUT2D eigenvalue weighted by Gasteiger charge is -2.24. The topological polar surface area (TPSA) is 84.3 Å². The fourth-order valence-electron chi connectivity index (χ4n) is 2.34.